The molecule has 1 unspecified atom stereocenters. The number of aldehydes is 1. The van der Waals surface area contributed by atoms with E-state index in [-0.39, 0.29) is 0 Å². The molecule has 0 radical (unpaired) electrons. The van der Waals surface area contributed by atoms with Crippen molar-refractivity contribution in [2.24, 2.45) is 0 Å². The number of carbonyl (C=O) groups excluding carboxylic acids is 1. The Kier molecular flexibility index (Phi) is 7.47. The summed E-state index contributed by atoms with van der Waals surface area (Å²) in [5.41, 5.74) is 0. The molecule has 2 fully saturated rings. The molecule has 2 aliphatic rings. The van der Waals surface area contributed by atoms with Crippen LogP contribution in [0.5, 0.6) is 0 Å². The number of carbonyl (C=O) groups is 1. The van der Waals surface area contributed by atoms with Crippen LogP contribution >= 0.6 is 0 Å². The topological polar surface area (TPSA) is 26.8 Å². The Morgan fingerprint density at radius 3 is 2.00 bits per heavy atom. The highest BCUT2D eigenvalue weighted by molar-refractivity contribution is 5.52. The van der Waals surface area contributed by atoms with E-state index in [4.69, 9.17) is 0 Å². The summed E-state index contributed by atoms with van der Waals surface area (Å²) in [6.45, 7) is 8.86. The van der Waals surface area contributed by atoms with E-state index in [1.807, 2.05) is 0 Å². The third-order valence-electron chi connectivity index (χ3n) is 3.98. The number of likely N-dealkylation sites (N-methyl/N-ethyl adjacent to an activating group) is 2. The lowest BCUT2D eigenvalue weighted by Gasteiger charge is -2.31. The molecule has 0 spiro atoms. The molecule has 0 N–H and O–H groups in total. The summed E-state index contributed by atoms with van der Waals surface area (Å²) in [6, 6.07) is 0.624. The highest BCUT2D eigenvalue weighted by atomic mass is 16.1. The molecule has 0 aromatic rings. The minimum Gasteiger partial charge on any atom is -0.304 e. The van der Waals surface area contributed by atoms with Crippen molar-refractivity contribution in [1.29, 1.82) is 0 Å². The van der Waals surface area contributed by atoms with Crippen LogP contribution in [0, 0.1) is 0 Å². The maximum Gasteiger partial charge on any atom is 0.133 e. The van der Waals surface area contributed by atoms with E-state index < -0.39 is 0 Å². The standard InChI is InChI=1S/C8H15NO.C6H14N2/c1-8-4-2-3-5-9(8)6-7-10;1-7-3-5-8(2)6-4-7/h7-8H,2-6H2,1H3;3-6H2,1-2H3. The lowest BCUT2D eigenvalue weighted by Crippen LogP contribution is -2.42. The Morgan fingerprint density at radius 1 is 1.00 bits per heavy atom. The molecule has 0 aromatic heterocycles. The third-order valence-corrected chi connectivity index (χ3v) is 3.98. The Balaban J connectivity index is 0.000000184. The SMILES string of the molecule is CC1CCCCN1CC=O.CN1CCN(C)CC1. The summed E-state index contributed by atoms with van der Waals surface area (Å²) in [4.78, 5) is 17.1. The number of nitrogens with zero attached hydrogens (tertiary/aromatic N) is 3. The molecule has 2 saturated heterocycles. The average molecular weight is 255 g/mol. The summed E-state index contributed by atoms with van der Waals surface area (Å²) in [5, 5.41) is 0. The summed E-state index contributed by atoms with van der Waals surface area (Å²) in [6.07, 6.45) is 4.85. The molecule has 18 heavy (non-hydrogen) atoms. The molecule has 1 atom stereocenters. The monoisotopic (exact) mass is 255 g/mol. The van der Waals surface area contributed by atoms with E-state index in [2.05, 4.69) is 35.7 Å². The fourth-order valence-corrected chi connectivity index (χ4v) is 2.43. The third kappa shape index (κ3) is 5.94. The van der Waals surface area contributed by atoms with Crippen LogP contribution in [-0.4, -0.2) is 80.4 Å². The predicted octanol–water partition coefficient (Wildman–Crippen LogP) is 0.923. The first-order valence-corrected chi connectivity index (χ1v) is 7.18. The molecule has 0 aromatic carbocycles. The number of rotatable bonds is 2. The van der Waals surface area contributed by atoms with E-state index in [9.17, 15) is 4.79 Å². The fraction of sp³-hybridized carbons (Fsp3) is 0.929. The highest BCUT2D eigenvalue weighted by Gasteiger charge is 2.16. The highest BCUT2D eigenvalue weighted by Crippen LogP contribution is 2.14. The zero-order chi connectivity index (χ0) is 13.4. The minimum atomic E-state index is 0.624. The van der Waals surface area contributed by atoms with Crippen LogP contribution in [0.25, 0.3) is 0 Å². The number of hydrogen-bond acceptors (Lipinski definition) is 4. The fourth-order valence-electron chi connectivity index (χ4n) is 2.43. The Bertz CT molecular complexity index is 217. The van der Waals surface area contributed by atoms with Crippen LogP contribution in [0.4, 0.5) is 0 Å². The second-order valence-corrected chi connectivity index (χ2v) is 5.61. The molecule has 2 aliphatic heterocycles. The van der Waals surface area contributed by atoms with Crippen LogP contribution in [0.3, 0.4) is 0 Å². The first-order valence-electron chi connectivity index (χ1n) is 7.18. The van der Waals surface area contributed by atoms with E-state index in [0.29, 0.717) is 12.6 Å². The number of likely N-dealkylation sites (tertiary alicyclic amines) is 1. The van der Waals surface area contributed by atoms with E-state index in [1.54, 1.807) is 0 Å². The molecule has 0 amide bonds. The van der Waals surface area contributed by atoms with Gasteiger partial charge in [0, 0.05) is 32.2 Å². The van der Waals surface area contributed by atoms with Gasteiger partial charge in [0.1, 0.15) is 6.29 Å². The Labute approximate surface area is 112 Å². The van der Waals surface area contributed by atoms with Crippen LogP contribution in [0.2, 0.25) is 0 Å². The van der Waals surface area contributed by atoms with Crippen LogP contribution in [0.15, 0.2) is 0 Å². The van der Waals surface area contributed by atoms with Gasteiger partial charge in [-0.05, 0) is 40.4 Å². The summed E-state index contributed by atoms with van der Waals surface area (Å²) < 4.78 is 0. The van der Waals surface area contributed by atoms with E-state index >= 15 is 0 Å². The second-order valence-electron chi connectivity index (χ2n) is 5.61. The van der Waals surface area contributed by atoms with Crippen molar-refractivity contribution in [3.8, 4) is 0 Å². The lowest BCUT2D eigenvalue weighted by atomic mass is 10.0. The first kappa shape index (κ1) is 15.6. The smallest absolute Gasteiger partial charge is 0.133 e. The lowest BCUT2D eigenvalue weighted by molar-refractivity contribution is -0.109. The quantitative estimate of drug-likeness (QED) is 0.686. The van der Waals surface area contributed by atoms with Gasteiger partial charge in [0.25, 0.3) is 0 Å². The molecule has 0 bridgehead atoms. The summed E-state index contributed by atoms with van der Waals surface area (Å²) in [5.74, 6) is 0. The van der Waals surface area contributed by atoms with Gasteiger partial charge in [-0.1, -0.05) is 6.42 Å². The minimum absolute atomic E-state index is 0.624. The van der Waals surface area contributed by atoms with Crippen LogP contribution < -0.4 is 0 Å². The van der Waals surface area contributed by atoms with Gasteiger partial charge in [-0.15, -0.1) is 0 Å². The maximum absolute atomic E-state index is 10.2. The predicted molar refractivity (Wildman–Crippen MR) is 75.9 cm³/mol. The second kappa shape index (κ2) is 8.62. The van der Waals surface area contributed by atoms with Gasteiger partial charge in [0.05, 0.1) is 6.54 Å². The normalized spacial score (nSPS) is 27.4. The van der Waals surface area contributed by atoms with Crippen LogP contribution in [-0.2, 0) is 4.79 Å². The largest absolute Gasteiger partial charge is 0.304 e. The Hall–Kier alpha value is -0.450. The van der Waals surface area contributed by atoms with Crippen molar-refractivity contribution < 1.29 is 4.79 Å². The zero-order valence-electron chi connectivity index (χ0n) is 12.3. The molecule has 4 nitrogen and oxygen atoms in total. The molecular formula is C14H29N3O. The first-order chi connectivity index (χ1) is 8.63. The van der Waals surface area contributed by atoms with E-state index in [0.717, 1.165) is 12.8 Å². The van der Waals surface area contributed by atoms with Gasteiger partial charge in [0.2, 0.25) is 0 Å². The molecule has 0 aliphatic carbocycles. The molecule has 2 rings (SSSR count). The molecule has 4 heteroatoms. The maximum atomic E-state index is 10.2. The van der Waals surface area contributed by atoms with Crippen molar-refractivity contribution in [3.05, 3.63) is 0 Å². The van der Waals surface area contributed by atoms with Gasteiger partial charge in [-0.3, -0.25) is 4.90 Å². The number of piperidine rings is 1. The zero-order valence-corrected chi connectivity index (χ0v) is 12.3. The van der Waals surface area contributed by atoms with Crippen molar-refractivity contribution >= 4 is 6.29 Å². The Morgan fingerprint density at radius 2 is 1.56 bits per heavy atom. The van der Waals surface area contributed by atoms with Gasteiger partial charge >= 0.3 is 0 Å². The van der Waals surface area contributed by atoms with Crippen LogP contribution in [0.1, 0.15) is 26.2 Å². The number of piperazine rings is 1. The van der Waals surface area contributed by atoms with Crippen molar-refractivity contribution in [2.75, 3.05) is 53.4 Å². The van der Waals surface area contributed by atoms with Gasteiger partial charge < -0.3 is 14.6 Å². The van der Waals surface area contributed by atoms with Gasteiger partial charge in [-0.25, -0.2) is 0 Å². The van der Waals surface area contributed by atoms with Crippen molar-refractivity contribution in [2.45, 2.75) is 32.2 Å². The van der Waals surface area contributed by atoms with Gasteiger partial charge in [-0.2, -0.15) is 0 Å². The van der Waals surface area contributed by atoms with Crippen molar-refractivity contribution in [1.82, 2.24) is 14.7 Å². The average Bonchev–Trinajstić information content (AvgIpc) is 2.37. The van der Waals surface area contributed by atoms with E-state index in [1.165, 1.54) is 45.4 Å². The molecular weight excluding hydrogens is 226 g/mol. The van der Waals surface area contributed by atoms with Gasteiger partial charge in [0.15, 0.2) is 0 Å². The summed E-state index contributed by atoms with van der Waals surface area (Å²) in [7, 11) is 4.35. The van der Waals surface area contributed by atoms with Crippen molar-refractivity contribution in [3.63, 3.8) is 0 Å². The molecule has 2 heterocycles. The molecule has 0 saturated carbocycles. The molecule has 106 valence electrons. The summed E-state index contributed by atoms with van der Waals surface area (Å²) >= 11 is 0. The number of hydrogen-bond donors (Lipinski definition) is 0.